The minimum Gasteiger partial charge on any atom is -0.424 e. The van der Waals surface area contributed by atoms with Gasteiger partial charge in [-0.3, -0.25) is 9.69 Å². The number of hydrogen-bond donors (Lipinski definition) is 1. The van der Waals surface area contributed by atoms with E-state index in [1.54, 1.807) is 36.8 Å². The molecule has 0 unspecified atom stereocenters. The Hall–Kier alpha value is -3.29. The second-order valence-corrected chi connectivity index (χ2v) is 8.97. The Bertz CT molecular complexity index is 1220. The number of carbonyl (C=O) groups is 1. The van der Waals surface area contributed by atoms with Crippen LogP contribution in [0.1, 0.15) is 33.1 Å². The van der Waals surface area contributed by atoms with Crippen LogP contribution in [0.3, 0.4) is 0 Å². The van der Waals surface area contributed by atoms with Crippen LogP contribution in [0.2, 0.25) is 0 Å². The molecule has 1 saturated heterocycles. The number of likely N-dealkylation sites (tertiary alicyclic amines) is 1. The zero-order valence-corrected chi connectivity index (χ0v) is 18.6. The summed E-state index contributed by atoms with van der Waals surface area (Å²) in [5, 5.41) is 4.03. The van der Waals surface area contributed by atoms with Crippen molar-refractivity contribution >= 4 is 27.3 Å². The molecular weight excluding hydrogens is 420 g/mol. The summed E-state index contributed by atoms with van der Waals surface area (Å²) in [5.74, 6) is 1.09. The number of nitrogens with one attached hydrogen (secondary N) is 1. The molecule has 0 saturated carbocycles. The maximum Gasteiger partial charge on any atom is 0.321 e. The highest BCUT2D eigenvalue weighted by Gasteiger charge is 2.30. The standard InChI is InChI=1S/C25H24N4O2S/c1-26-24(30)23-22(20-5-2-3-6-21(20)32-23)18-11-14-29(16-18)15-17-7-9-19(10-8-17)31-25-27-12-4-13-28-25/h2-10,12-13,18H,11,14-16H2,1H3,(H,26,30)/t18-/m0/s1. The molecule has 1 aliphatic rings. The van der Waals surface area contributed by atoms with Crippen LogP contribution in [-0.4, -0.2) is 40.9 Å². The molecule has 4 aromatic rings. The molecule has 162 valence electrons. The van der Waals surface area contributed by atoms with Crippen molar-refractivity contribution in [2.24, 2.45) is 0 Å². The van der Waals surface area contributed by atoms with Crippen molar-refractivity contribution in [3.63, 3.8) is 0 Å². The van der Waals surface area contributed by atoms with Gasteiger partial charge in [-0.1, -0.05) is 30.3 Å². The molecule has 1 fully saturated rings. The van der Waals surface area contributed by atoms with Gasteiger partial charge in [0.15, 0.2) is 0 Å². The van der Waals surface area contributed by atoms with E-state index < -0.39 is 0 Å². The Kier molecular flexibility index (Phi) is 5.83. The summed E-state index contributed by atoms with van der Waals surface area (Å²) in [6.45, 7) is 2.83. The van der Waals surface area contributed by atoms with Gasteiger partial charge in [0.2, 0.25) is 0 Å². The second-order valence-electron chi connectivity index (χ2n) is 7.92. The predicted octanol–water partition coefficient (Wildman–Crippen LogP) is 4.83. The minimum atomic E-state index is 0.0117. The van der Waals surface area contributed by atoms with Crippen LogP contribution in [-0.2, 0) is 6.54 Å². The lowest BCUT2D eigenvalue weighted by Gasteiger charge is -2.17. The first-order valence-electron chi connectivity index (χ1n) is 10.7. The van der Waals surface area contributed by atoms with E-state index in [0.29, 0.717) is 11.9 Å². The third-order valence-corrected chi connectivity index (χ3v) is 7.01. The van der Waals surface area contributed by atoms with Crippen LogP contribution in [0.5, 0.6) is 11.8 Å². The molecule has 6 nitrogen and oxygen atoms in total. The topological polar surface area (TPSA) is 67.4 Å². The average Bonchev–Trinajstić information content (AvgIpc) is 3.45. The normalized spacial score (nSPS) is 16.3. The van der Waals surface area contributed by atoms with Crippen LogP contribution >= 0.6 is 11.3 Å². The fourth-order valence-electron chi connectivity index (χ4n) is 4.33. The summed E-state index contributed by atoms with van der Waals surface area (Å²) in [4.78, 5) is 24.1. The largest absolute Gasteiger partial charge is 0.424 e. The number of fused-ring (bicyclic) bond motifs is 1. The van der Waals surface area contributed by atoms with Crippen LogP contribution in [0.4, 0.5) is 0 Å². The summed E-state index contributed by atoms with van der Waals surface area (Å²) in [7, 11) is 1.70. The first kappa shape index (κ1) is 20.6. The summed E-state index contributed by atoms with van der Waals surface area (Å²) in [6, 6.07) is 18.5. The van der Waals surface area contributed by atoms with E-state index in [1.165, 1.54) is 21.2 Å². The molecule has 3 heterocycles. The molecule has 1 atom stereocenters. The molecule has 1 amide bonds. The van der Waals surface area contributed by atoms with Crippen molar-refractivity contribution in [3.8, 4) is 11.8 Å². The fourth-order valence-corrected chi connectivity index (χ4v) is 5.57. The molecule has 0 spiro atoms. The number of nitrogens with zero attached hydrogens (tertiary/aromatic N) is 3. The highest BCUT2D eigenvalue weighted by molar-refractivity contribution is 7.21. The number of rotatable bonds is 6. The number of aromatic nitrogens is 2. The number of thiophene rings is 1. The first-order valence-corrected chi connectivity index (χ1v) is 11.5. The summed E-state index contributed by atoms with van der Waals surface area (Å²) < 4.78 is 6.86. The predicted molar refractivity (Wildman–Crippen MR) is 126 cm³/mol. The lowest BCUT2D eigenvalue weighted by atomic mass is 9.95. The molecule has 32 heavy (non-hydrogen) atoms. The Labute approximate surface area is 190 Å². The van der Waals surface area contributed by atoms with Crippen molar-refractivity contribution in [3.05, 3.63) is 83.0 Å². The Morgan fingerprint density at radius 3 is 2.69 bits per heavy atom. The molecule has 0 bridgehead atoms. The van der Waals surface area contributed by atoms with Gasteiger partial charge in [0.05, 0.1) is 4.88 Å². The number of benzene rings is 2. The zero-order valence-electron chi connectivity index (χ0n) is 17.8. The zero-order chi connectivity index (χ0) is 21.9. The minimum absolute atomic E-state index is 0.0117. The van der Waals surface area contributed by atoms with E-state index in [-0.39, 0.29) is 5.91 Å². The van der Waals surface area contributed by atoms with Gasteiger partial charge >= 0.3 is 6.01 Å². The summed E-state index contributed by atoms with van der Waals surface area (Å²) in [5.41, 5.74) is 2.44. The lowest BCUT2D eigenvalue weighted by molar-refractivity contribution is 0.0966. The Balaban J connectivity index is 1.29. The van der Waals surface area contributed by atoms with E-state index >= 15 is 0 Å². The van der Waals surface area contributed by atoms with Crippen LogP contribution in [0, 0.1) is 0 Å². The van der Waals surface area contributed by atoms with Crippen molar-refractivity contribution in [2.45, 2.75) is 18.9 Å². The monoisotopic (exact) mass is 444 g/mol. The molecule has 5 rings (SSSR count). The summed E-state index contributed by atoms with van der Waals surface area (Å²) >= 11 is 1.60. The van der Waals surface area contributed by atoms with E-state index in [2.05, 4.69) is 50.5 Å². The van der Waals surface area contributed by atoms with Gasteiger partial charge in [0.25, 0.3) is 5.91 Å². The second kappa shape index (κ2) is 9.06. The van der Waals surface area contributed by atoms with Crippen LogP contribution in [0.15, 0.2) is 67.0 Å². The van der Waals surface area contributed by atoms with E-state index in [9.17, 15) is 4.79 Å². The first-order chi connectivity index (χ1) is 15.7. The van der Waals surface area contributed by atoms with Gasteiger partial charge in [-0.05, 0) is 53.7 Å². The SMILES string of the molecule is CNC(=O)c1sc2ccccc2c1[C@H]1CCN(Cc2ccc(Oc3ncccn3)cc2)C1. The maximum atomic E-state index is 12.6. The summed E-state index contributed by atoms with van der Waals surface area (Å²) in [6.07, 6.45) is 4.37. The highest BCUT2D eigenvalue weighted by atomic mass is 32.1. The molecule has 7 heteroatoms. The molecule has 0 radical (unpaired) electrons. The molecule has 1 N–H and O–H groups in total. The van der Waals surface area contributed by atoms with Crippen molar-refractivity contribution in [2.75, 3.05) is 20.1 Å². The van der Waals surface area contributed by atoms with E-state index in [4.69, 9.17) is 4.74 Å². The van der Waals surface area contributed by atoms with E-state index in [1.807, 2.05) is 18.2 Å². The number of carbonyl (C=O) groups excluding carboxylic acids is 1. The molecule has 1 aliphatic heterocycles. The maximum absolute atomic E-state index is 12.6. The van der Waals surface area contributed by atoms with Gasteiger partial charge in [-0.15, -0.1) is 11.3 Å². The lowest BCUT2D eigenvalue weighted by Crippen LogP contribution is -2.21. The Morgan fingerprint density at radius 1 is 1.12 bits per heavy atom. The fraction of sp³-hybridized carbons (Fsp3) is 0.240. The van der Waals surface area contributed by atoms with E-state index in [0.717, 1.165) is 36.7 Å². The van der Waals surface area contributed by atoms with Gasteiger partial charge in [0, 0.05) is 43.1 Å². The quantitative estimate of drug-likeness (QED) is 0.461. The van der Waals surface area contributed by atoms with Gasteiger partial charge in [-0.25, -0.2) is 9.97 Å². The molecule has 0 aliphatic carbocycles. The molecule has 2 aromatic heterocycles. The third kappa shape index (κ3) is 4.22. The average molecular weight is 445 g/mol. The molecule has 2 aromatic carbocycles. The van der Waals surface area contributed by atoms with Crippen molar-refractivity contribution < 1.29 is 9.53 Å². The van der Waals surface area contributed by atoms with Crippen LogP contribution < -0.4 is 10.1 Å². The third-order valence-electron chi connectivity index (χ3n) is 5.83. The number of hydrogen-bond acceptors (Lipinski definition) is 6. The molecular formula is C25H24N4O2S. The van der Waals surface area contributed by atoms with Gasteiger partial charge in [0.1, 0.15) is 5.75 Å². The highest BCUT2D eigenvalue weighted by Crippen LogP contribution is 2.40. The number of ether oxygens (including phenoxy) is 1. The van der Waals surface area contributed by atoms with Crippen molar-refractivity contribution in [1.29, 1.82) is 0 Å². The van der Waals surface area contributed by atoms with Gasteiger partial charge in [-0.2, -0.15) is 0 Å². The smallest absolute Gasteiger partial charge is 0.321 e. The Morgan fingerprint density at radius 2 is 1.91 bits per heavy atom. The number of amides is 1. The van der Waals surface area contributed by atoms with Crippen LogP contribution in [0.25, 0.3) is 10.1 Å². The van der Waals surface area contributed by atoms with Crippen molar-refractivity contribution in [1.82, 2.24) is 20.2 Å². The van der Waals surface area contributed by atoms with Gasteiger partial charge < -0.3 is 10.1 Å².